The largest absolute Gasteiger partial charge is 0.326 e. The summed E-state index contributed by atoms with van der Waals surface area (Å²) in [6.07, 6.45) is 0.106. The second kappa shape index (κ2) is 9.01. The number of nitrogens with one attached hydrogen (secondary N) is 2. The van der Waals surface area contributed by atoms with Crippen LogP contribution in [0.3, 0.4) is 0 Å². The summed E-state index contributed by atoms with van der Waals surface area (Å²) in [7, 11) is 0. The molecule has 2 aromatic rings. The van der Waals surface area contributed by atoms with Crippen LogP contribution in [0.5, 0.6) is 0 Å². The summed E-state index contributed by atoms with van der Waals surface area (Å²) >= 11 is 6.02. The summed E-state index contributed by atoms with van der Waals surface area (Å²) in [6, 6.07) is 13.8. The first-order valence-corrected chi connectivity index (χ1v) is 8.45. The minimum atomic E-state index is -0.248. The monoisotopic (exact) mass is 373 g/mol. The van der Waals surface area contributed by atoms with E-state index < -0.39 is 0 Å². The van der Waals surface area contributed by atoms with Crippen LogP contribution in [0.1, 0.15) is 20.3 Å². The fourth-order valence-electron chi connectivity index (χ4n) is 2.41. The SMILES string of the molecule is CC(=O)Nc1cccc(N(CCC(=O)Nc2ccccc2Cl)C(C)=O)c1. The summed E-state index contributed by atoms with van der Waals surface area (Å²) in [5, 5.41) is 5.85. The van der Waals surface area contributed by atoms with Gasteiger partial charge >= 0.3 is 0 Å². The number of carbonyl (C=O) groups excluding carboxylic acids is 3. The Hall–Kier alpha value is -2.86. The van der Waals surface area contributed by atoms with Crippen molar-refractivity contribution >= 4 is 46.4 Å². The molecule has 2 N–H and O–H groups in total. The first-order valence-electron chi connectivity index (χ1n) is 8.07. The number of rotatable bonds is 6. The maximum absolute atomic E-state index is 12.2. The fourth-order valence-corrected chi connectivity index (χ4v) is 2.59. The minimum absolute atomic E-state index is 0.106. The number of hydrogen-bond acceptors (Lipinski definition) is 3. The van der Waals surface area contributed by atoms with Gasteiger partial charge in [0.05, 0.1) is 10.7 Å². The van der Waals surface area contributed by atoms with E-state index in [1.807, 2.05) is 0 Å². The molecule has 0 aliphatic rings. The highest BCUT2D eigenvalue weighted by Gasteiger charge is 2.14. The number of carbonyl (C=O) groups is 3. The number of benzene rings is 2. The maximum atomic E-state index is 12.2. The summed E-state index contributed by atoms with van der Waals surface area (Å²) in [6.45, 7) is 3.04. The molecular weight excluding hydrogens is 354 g/mol. The van der Waals surface area contributed by atoms with E-state index in [4.69, 9.17) is 11.6 Å². The quantitative estimate of drug-likeness (QED) is 0.810. The van der Waals surface area contributed by atoms with Crippen molar-refractivity contribution in [1.82, 2.24) is 0 Å². The Balaban J connectivity index is 2.04. The lowest BCUT2D eigenvalue weighted by Crippen LogP contribution is -2.32. The Bertz CT molecular complexity index is 823. The maximum Gasteiger partial charge on any atom is 0.226 e. The van der Waals surface area contributed by atoms with Crippen LogP contribution in [0.15, 0.2) is 48.5 Å². The molecule has 7 heteroatoms. The molecule has 0 saturated carbocycles. The number of nitrogens with zero attached hydrogens (tertiary/aromatic N) is 1. The molecule has 2 rings (SSSR count). The van der Waals surface area contributed by atoms with Crippen molar-refractivity contribution in [2.75, 3.05) is 22.1 Å². The van der Waals surface area contributed by atoms with Crippen LogP contribution >= 0.6 is 11.6 Å². The van der Waals surface area contributed by atoms with Gasteiger partial charge in [0.2, 0.25) is 17.7 Å². The van der Waals surface area contributed by atoms with Gasteiger partial charge in [-0.25, -0.2) is 0 Å². The fraction of sp³-hybridized carbons (Fsp3) is 0.211. The van der Waals surface area contributed by atoms with Crippen molar-refractivity contribution in [1.29, 1.82) is 0 Å². The lowest BCUT2D eigenvalue weighted by molar-refractivity contribution is -0.117. The molecule has 0 atom stereocenters. The van der Waals surface area contributed by atoms with Crippen molar-refractivity contribution in [3.05, 3.63) is 53.6 Å². The van der Waals surface area contributed by atoms with Gasteiger partial charge in [0.1, 0.15) is 0 Å². The molecule has 0 saturated heterocycles. The smallest absolute Gasteiger partial charge is 0.226 e. The third kappa shape index (κ3) is 5.60. The van der Waals surface area contributed by atoms with Gasteiger partial charge in [-0.05, 0) is 30.3 Å². The van der Waals surface area contributed by atoms with E-state index in [0.29, 0.717) is 22.1 Å². The van der Waals surface area contributed by atoms with Gasteiger partial charge in [-0.15, -0.1) is 0 Å². The van der Waals surface area contributed by atoms with E-state index >= 15 is 0 Å². The Morgan fingerprint density at radius 1 is 1.00 bits per heavy atom. The van der Waals surface area contributed by atoms with E-state index in [0.717, 1.165) is 0 Å². The van der Waals surface area contributed by atoms with E-state index in [1.54, 1.807) is 48.5 Å². The summed E-state index contributed by atoms with van der Waals surface area (Å²) in [5.41, 5.74) is 1.72. The first kappa shape index (κ1) is 19.5. The molecular formula is C19H20ClN3O3. The third-order valence-corrected chi connectivity index (χ3v) is 3.90. The van der Waals surface area contributed by atoms with Crippen LogP contribution in [-0.4, -0.2) is 24.3 Å². The molecule has 3 amide bonds. The Labute approximate surface area is 157 Å². The normalized spacial score (nSPS) is 10.1. The zero-order chi connectivity index (χ0) is 19.1. The molecule has 136 valence electrons. The predicted octanol–water partition coefficient (Wildman–Crippen LogP) is 3.68. The second-order valence-corrected chi connectivity index (χ2v) is 6.09. The van der Waals surface area contributed by atoms with E-state index in [1.165, 1.54) is 18.7 Å². The molecule has 0 unspecified atom stereocenters. The van der Waals surface area contributed by atoms with E-state index in [-0.39, 0.29) is 30.7 Å². The zero-order valence-corrected chi connectivity index (χ0v) is 15.3. The van der Waals surface area contributed by atoms with Crippen LogP contribution in [-0.2, 0) is 14.4 Å². The molecule has 0 heterocycles. The Kier molecular flexibility index (Phi) is 6.74. The van der Waals surface area contributed by atoms with Crippen LogP contribution in [0, 0.1) is 0 Å². The van der Waals surface area contributed by atoms with Crippen molar-refractivity contribution in [3.8, 4) is 0 Å². The highest BCUT2D eigenvalue weighted by Crippen LogP contribution is 2.22. The Morgan fingerprint density at radius 2 is 1.73 bits per heavy atom. The predicted molar refractivity (Wildman–Crippen MR) is 103 cm³/mol. The van der Waals surface area contributed by atoms with Crippen molar-refractivity contribution < 1.29 is 14.4 Å². The lowest BCUT2D eigenvalue weighted by atomic mass is 10.2. The van der Waals surface area contributed by atoms with Gasteiger partial charge in [-0.1, -0.05) is 29.8 Å². The first-order chi connectivity index (χ1) is 12.4. The van der Waals surface area contributed by atoms with Crippen LogP contribution in [0.4, 0.5) is 17.1 Å². The number of para-hydroxylation sites is 1. The highest BCUT2D eigenvalue weighted by molar-refractivity contribution is 6.33. The van der Waals surface area contributed by atoms with Gasteiger partial charge in [-0.3, -0.25) is 14.4 Å². The number of anilines is 3. The molecule has 0 spiro atoms. The van der Waals surface area contributed by atoms with Gasteiger partial charge < -0.3 is 15.5 Å². The molecule has 2 aromatic carbocycles. The molecule has 0 fully saturated rings. The summed E-state index contributed by atoms with van der Waals surface area (Å²) in [4.78, 5) is 36.8. The topological polar surface area (TPSA) is 78.5 Å². The van der Waals surface area contributed by atoms with Crippen LogP contribution < -0.4 is 15.5 Å². The molecule has 0 aromatic heterocycles. The highest BCUT2D eigenvalue weighted by atomic mass is 35.5. The standard InChI is InChI=1S/C19H20ClN3O3/c1-13(24)21-15-6-5-7-16(12-15)23(14(2)25)11-10-19(26)22-18-9-4-3-8-17(18)20/h3-9,12H,10-11H2,1-2H3,(H,21,24)(H,22,26). The number of halogens is 1. The van der Waals surface area contributed by atoms with Crippen molar-refractivity contribution in [2.45, 2.75) is 20.3 Å². The zero-order valence-electron chi connectivity index (χ0n) is 14.6. The van der Waals surface area contributed by atoms with Gasteiger partial charge in [-0.2, -0.15) is 0 Å². The van der Waals surface area contributed by atoms with E-state index in [9.17, 15) is 14.4 Å². The summed E-state index contributed by atoms with van der Waals surface area (Å²) < 4.78 is 0. The van der Waals surface area contributed by atoms with Crippen molar-refractivity contribution in [3.63, 3.8) is 0 Å². The number of amides is 3. The average Bonchev–Trinajstić information content (AvgIpc) is 2.56. The van der Waals surface area contributed by atoms with Crippen LogP contribution in [0.25, 0.3) is 0 Å². The minimum Gasteiger partial charge on any atom is -0.326 e. The second-order valence-electron chi connectivity index (χ2n) is 5.68. The molecule has 6 nitrogen and oxygen atoms in total. The van der Waals surface area contributed by atoms with Crippen molar-refractivity contribution in [2.24, 2.45) is 0 Å². The Morgan fingerprint density at radius 3 is 2.38 bits per heavy atom. The average molecular weight is 374 g/mol. The van der Waals surface area contributed by atoms with Crippen LogP contribution in [0.2, 0.25) is 5.02 Å². The molecule has 0 aliphatic carbocycles. The van der Waals surface area contributed by atoms with Gasteiger partial charge in [0.25, 0.3) is 0 Å². The third-order valence-electron chi connectivity index (χ3n) is 3.57. The van der Waals surface area contributed by atoms with E-state index in [2.05, 4.69) is 10.6 Å². The molecule has 0 radical (unpaired) electrons. The lowest BCUT2D eigenvalue weighted by Gasteiger charge is -2.21. The number of hydrogen-bond donors (Lipinski definition) is 2. The summed E-state index contributed by atoms with van der Waals surface area (Å²) in [5.74, 6) is -0.645. The molecule has 26 heavy (non-hydrogen) atoms. The van der Waals surface area contributed by atoms with Gasteiger partial charge in [0.15, 0.2) is 0 Å². The van der Waals surface area contributed by atoms with Gasteiger partial charge in [0, 0.05) is 38.2 Å². The molecule has 0 bridgehead atoms. The molecule has 0 aliphatic heterocycles.